The summed E-state index contributed by atoms with van der Waals surface area (Å²) in [5.41, 5.74) is 3.27. The maximum Gasteiger partial charge on any atom is 0.123 e. The summed E-state index contributed by atoms with van der Waals surface area (Å²) in [4.78, 5) is 0. The summed E-state index contributed by atoms with van der Waals surface area (Å²) in [6.07, 6.45) is -0.774. The molecule has 0 radical (unpaired) electrons. The normalized spacial score (nSPS) is 12.5. The van der Waals surface area contributed by atoms with Crippen LogP contribution in [0.4, 0.5) is 4.39 Å². The third kappa shape index (κ3) is 2.71. The van der Waals surface area contributed by atoms with Crippen LogP contribution in [0.2, 0.25) is 0 Å². The van der Waals surface area contributed by atoms with Crippen molar-refractivity contribution in [2.24, 2.45) is 0 Å². The van der Waals surface area contributed by atoms with Crippen molar-refractivity contribution >= 4 is 0 Å². The second-order valence-electron chi connectivity index (χ2n) is 4.38. The van der Waals surface area contributed by atoms with E-state index in [0.717, 1.165) is 16.7 Å². The largest absolute Gasteiger partial charge is 0.384 e. The number of halogens is 1. The van der Waals surface area contributed by atoms with Crippen LogP contribution < -0.4 is 0 Å². The molecule has 0 amide bonds. The van der Waals surface area contributed by atoms with Crippen molar-refractivity contribution in [2.75, 3.05) is 0 Å². The van der Waals surface area contributed by atoms with Gasteiger partial charge in [-0.2, -0.15) is 0 Å². The molecular formula is C15H15FO. The van der Waals surface area contributed by atoms with Crippen LogP contribution in [0.15, 0.2) is 42.5 Å². The number of aliphatic hydroxyl groups is 1. The fourth-order valence-corrected chi connectivity index (χ4v) is 1.96. The van der Waals surface area contributed by atoms with Gasteiger partial charge in [-0.3, -0.25) is 0 Å². The Morgan fingerprint density at radius 2 is 1.65 bits per heavy atom. The Balaban J connectivity index is 2.39. The molecule has 0 spiro atoms. The van der Waals surface area contributed by atoms with Crippen molar-refractivity contribution in [1.82, 2.24) is 0 Å². The highest BCUT2D eigenvalue weighted by Crippen LogP contribution is 2.24. The van der Waals surface area contributed by atoms with Crippen LogP contribution in [-0.2, 0) is 0 Å². The van der Waals surface area contributed by atoms with Crippen LogP contribution in [-0.4, -0.2) is 5.11 Å². The molecule has 0 aliphatic carbocycles. The van der Waals surface area contributed by atoms with Gasteiger partial charge in [-0.15, -0.1) is 0 Å². The molecule has 2 heteroatoms. The van der Waals surface area contributed by atoms with Crippen LogP contribution in [0.3, 0.4) is 0 Å². The molecule has 0 saturated carbocycles. The third-order valence-corrected chi connectivity index (χ3v) is 2.74. The molecule has 0 aliphatic rings. The van der Waals surface area contributed by atoms with E-state index in [9.17, 15) is 9.50 Å². The Labute approximate surface area is 101 Å². The number of aliphatic hydroxyl groups excluding tert-OH is 1. The monoisotopic (exact) mass is 230 g/mol. The van der Waals surface area contributed by atoms with E-state index in [4.69, 9.17) is 0 Å². The standard InChI is InChI=1S/C15H15FO/c1-10-4-3-5-12(6-10)15(17)13-7-11(2)8-14(16)9-13/h3-9,15,17H,1-2H3. The second-order valence-corrected chi connectivity index (χ2v) is 4.38. The van der Waals surface area contributed by atoms with Crippen molar-refractivity contribution in [3.05, 3.63) is 70.5 Å². The van der Waals surface area contributed by atoms with Crippen molar-refractivity contribution in [3.63, 3.8) is 0 Å². The number of hydrogen-bond acceptors (Lipinski definition) is 1. The minimum atomic E-state index is -0.774. The lowest BCUT2D eigenvalue weighted by atomic mass is 9.98. The molecule has 17 heavy (non-hydrogen) atoms. The van der Waals surface area contributed by atoms with Gasteiger partial charge in [0.25, 0.3) is 0 Å². The maximum atomic E-state index is 13.3. The van der Waals surface area contributed by atoms with Gasteiger partial charge in [-0.1, -0.05) is 35.9 Å². The van der Waals surface area contributed by atoms with Gasteiger partial charge in [0.15, 0.2) is 0 Å². The van der Waals surface area contributed by atoms with E-state index in [2.05, 4.69) is 0 Å². The van der Waals surface area contributed by atoms with Crippen LogP contribution >= 0.6 is 0 Å². The van der Waals surface area contributed by atoms with Gasteiger partial charge >= 0.3 is 0 Å². The van der Waals surface area contributed by atoms with Crippen molar-refractivity contribution in [3.8, 4) is 0 Å². The first kappa shape index (κ1) is 11.8. The molecule has 2 aromatic rings. The fraction of sp³-hybridized carbons (Fsp3) is 0.200. The lowest BCUT2D eigenvalue weighted by molar-refractivity contribution is 0.219. The van der Waals surface area contributed by atoms with E-state index in [-0.39, 0.29) is 5.82 Å². The Bertz CT molecular complexity index is 514. The van der Waals surface area contributed by atoms with E-state index >= 15 is 0 Å². The predicted octanol–water partition coefficient (Wildman–Crippen LogP) is 3.52. The Morgan fingerprint density at radius 1 is 0.941 bits per heavy atom. The lowest BCUT2D eigenvalue weighted by Crippen LogP contribution is -2.01. The number of rotatable bonds is 2. The van der Waals surface area contributed by atoms with Gasteiger partial charge < -0.3 is 5.11 Å². The number of aryl methyl sites for hydroxylation is 2. The SMILES string of the molecule is Cc1cccc(C(O)c2cc(C)cc(F)c2)c1. The van der Waals surface area contributed by atoms with E-state index in [0.29, 0.717) is 5.56 Å². The molecular weight excluding hydrogens is 215 g/mol. The van der Waals surface area contributed by atoms with E-state index < -0.39 is 6.10 Å². The summed E-state index contributed by atoms with van der Waals surface area (Å²) in [5, 5.41) is 10.2. The molecule has 0 saturated heterocycles. The predicted molar refractivity (Wildman–Crippen MR) is 66.4 cm³/mol. The van der Waals surface area contributed by atoms with Crippen LogP contribution in [0.25, 0.3) is 0 Å². The summed E-state index contributed by atoms with van der Waals surface area (Å²) in [7, 11) is 0. The molecule has 88 valence electrons. The van der Waals surface area contributed by atoms with Gasteiger partial charge in [0, 0.05) is 0 Å². The van der Waals surface area contributed by atoms with Crippen LogP contribution in [0.1, 0.15) is 28.4 Å². The molecule has 0 bridgehead atoms. The number of benzene rings is 2. The average Bonchev–Trinajstić information content (AvgIpc) is 2.26. The molecule has 0 heterocycles. The second kappa shape index (κ2) is 4.68. The highest BCUT2D eigenvalue weighted by atomic mass is 19.1. The number of hydrogen-bond donors (Lipinski definition) is 1. The topological polar surface area (TPSA) is 20.2 Å². The molecule has 1 N–H and O–H groups in total. The molecule has 0 aromatic heterocycles. The van der Waals surface area contributed by atoms with Gasteiger partial charge in [-0.05, 0) is 42.7 Å². The van der Waals surface area contributed by atoms with E-state index in [1.54, 1.807) is 6.07 Å². The van der Waals surface area contributed by atoms with Gasteiger partial charge in [0.1, 0.15) is 11.9 Å². The highest BCUT2D eigenvalue weighted by Gasteiger charge is 2.11. The Hall–Kier alpha value is -1.67. The van der Waals surface area contributed by atoms with Crippen LogP contribution in [0, 0.1) is 19.7 Å². The summed E-state index contributed by atoms with van der Waals surface area (Å²) < 4.78 is 13.3. The van der Waals surface area contributed by atoms with Crippen LogP contribution in [0.5, 0.6) is 0 Å². The minimum Gasteiger partial charge on any atom is -0.384 e. The first-order valence-corrected chi connectivity index (χ1v) is 5.58. The Morgan fingerprint density at radius 3 is 2.29 bits per heavy atom. The summed E-state index contributed by atoms with van der Waals surface area (Å²) in [5.74, 6) is -0.313. The van der Waals surface area contributed by atoms with Crippen molar-refractivity contribution in [2.45, 2.75) is 20.0 Å². The molecule has 2 aromatic carbocycles. The molecule has 1 atom stereocenters. The quantitative estimate of drug-likeness (QED) is 0.836. The summed E-state index contributed by atoms with van der Waals surface area (Å²) >= 11 is 0. The summed E-state index contributed by atoms with van der Waals surface area (Å²) in [6, 6.07) is 12.2. The van der Waals surface area contributed by atoms with Gasteiger partial charge in [0.05, 0.1) is 0 Å². The molecule has 0 aliphatic heterocycles. The fourth-order valence-electron chi connectivity index (χ4n) is 1.96. The molecule has 2 rings (SSSR count). The highest BCUT2D eigenvalue weighted by molar-refractivity contribution is 5.34. The lowest BCUT2D eigenvalue weighted by Gasteiger charge is -2.13. The third-order valence-electron chi connectivity index (χ3n) is 2.74. The van der Waals surface area contributed by atoms with Crippen molar-refractivity contribution in [1.29, 1.82) is 0 Å². The maximum absolute atomic E-state index is 13.3. The first-order valence-electron chi connectivity index (χ1n) is 5.58. The zero-order valence-electron chi connectivity index (χ0n) is 9.94. The average molecular weight is 230 g/mol. The molecule has 0 fully saturated rings. The van der Waals surface area contributed by atoms with Crippen molar-refractivity contribution < 1.29 is 9.50 Å². The molecule has 1 unspecified atom stereocenters. The van der Waals surface area contributed by atoms with Gasteiger partial charge in [0.2, 0.25) is 0 Å². The minimum absolute atomic E-state index is 0.313. The van der Waals surface area contributed by atoms with Gasteiger partial charge in [-0.25, -0.2) is 4.39 Å². The Kier molecular flexibility index (Phi) is 3.25. The molecule has 1 nitrogen and oxygen atoms in total. The zero-order chi connectivity index (χ0) is 12.4. The summed E-state index contributed by atoms with van der Waals surface area (Å²) in [6.45, 7) is 3.78. The smallest absolute Gasteiger partial charge is 0.123 e. The van der Waals surface area contributed by atoms with E-state index in [1.165, 1.54) is 12.1 Å². The first-order chi connectivity index (χ1) is 8.06. The van der Waals surface area contributed by atoms with E-state index in [1.807, 2.05) is 38.1 Å². The zero-order valence-corrected chi connectivity index (χ0v) is 9.94.